The van der Waals surface area contributed by atoms with Gasteiger partial charge in [0.2, 0.25) is 11.8 Å². The number of nitrogens with zero attached hydrogens (tertiary/aromatic N) is 1. The summed E-state index contributed by atoms with van der Waals surface area (Å²) in [4.78, 5) is 40.5. The Morgan fingerprint density at radius 1 is 1.12 bits per heavy atom. The van der Waals surface area contributed by atoms with Crippen molar-refractivity contribution in [2.24, 2.45) is 11.3 Å². The van der Waals surface area contributed by atoms with Crippen molar-refractivity contribution in [3.05, 3.63) is 11.6 Å². The maximum atomic E-state index is 13.6. The van der Waals surface area contributed by atoms with E-state index in [0.717, 1.165) is 0 Å². The lowest BCUT2D eigenvalue weighted by Gasteiger charge is -2.39. The number of rotatable bonds is 12. The van der Waals surface area contributed by atoms with Gasteiger partial charge in [-0.15, -0.1) is 0 Å². The van der Waals surface area contributed by atoms with Gasteiger partial charge in [0.25, 0.3) is 0 Å². The van der Waals surface area contributed by atoms with Crippen LogP contribution in [0.5, 0.6) is 0 Å². The van der Waals surface area contributed by atoms with Crippen molar-refractivity contribution in [2.75, 3.05) is 34.4 Å². The van der Waals surface area contributed by atoms with Crippen molar-refractivity contribution >= 4 is 17.8 Å². The van der Waals surface area contributed by atoms with Crippen LogP contribution in [-0.4, -0.2) is 74.7 Å². The number of carbonyl (C=O) groups excluding carboxylic acids is 3. The summed E-state index contributed by atoms with van der Waals surface area (Å²) in [5.41, 5.74) is -0.960. The molecule has 2 amide bonds. The number of hydrogen-bond donors (Lipinski definition) is 2. The Balaban J connectivity index is 5.90. The van der Waals surface area contributed by atoms with Crippen LogP contribution in [0, 0.1) is 11.3 Å². The summed E-state index contributed by atoms with van der Waals surface area (Å²) in [6.07, 6.45) is 2.22. The molecule has 186 valence electrons. The fourth-order valence-electron chi connectivity index (χ4n) is 3.27. The smallest absolute Gasteiger partial charge is 0.333 e. The Kier molecular flexibility index (Phi) is 12.2. The molecule has 0 aromatic heterocycles. The zero-order chi connectivity index (χ0) is 25.3. The highest BCUT2D eigenvalue weighted by molar-refractivity contribution is 5.92. The van der Waals surface area contributed by atoms with E-state index in [0.29, 0.717) is 18.6 Å². The molecular weight excluding hydrogens is 410 g/mol. The second-order valence-corrected chi connectivity index (χ2v) is 9.85. The molecule has 0 aromatic rings. The molecule has 8 nitrogen and oxygen atoms in total. The monoisotopic (exact) mass is 455 g/mol. The van der Waals surface area contributed by atoms with Crippen LogP contribution in [0.2, 0.25) is 0 Å². The number of nitrogens with one attached hydrogen (secondary N) is 2. The molecule has 0 heterocycles. The minimum atomic E-state index is -0.879. The maximum Gasteiger partial charge on any atom is 0.333 e. The van der Waals surface area contributed by atoms with Gasteiger partial charge < -0.3 is 25.0 Å². The van der Waals surface area contributed by atoms with Crippen molar-refractivity contribution < 1.29 is 23.9 Å². The summed E-state index contributed by atoms with van der Waals surface area (Å²) in [6, 6.07) is -1.09. The predicted molar refractivity (Wildman–Crippen MR) is 127 cm³/mol. The third kappa shape index (κ3) is 8.54. The number of methoxy groups -OCH3 is 1. The van der Waals surface area contributed by atoms with Crippen LogP contribution in [0.4, 0.5) is 0 Å². The highest BCUT2D eigenvalue weighted by Crippen LogP contribution is 2.25. The van der Waals surface area contributed by atoms with Crippen molar-refractivity contribution in [1.82, 2.24) is 15.5 Å². The second-order valence-electron chi connectivity index (χ2n) is 9.85. The predicted octanol–water partition coefficient (Wildman–Crippen LogP) is 2.52. The van der Waals surface area contributed by atoms with Gasteiger partial charge in [-0.3, -0.25) is 9.59 Å². The largest absolute Gasteiger partial charge is 0.463 e. The zero-order valence-corrected chi connectivity index (χ0v) is 21.9. The lowest BCUT2D eigenvalue weighted by atomic mass is 9.84. The third-order valence-corrected chi connectivity index (χ3v) is 5.74. The van der Waals surface area contributed by atoms with E-state index in [-0.39, 0.29) is 30.4 Å². The first-order valence-electron chi connectivity index (χ1n) is 11.3. The lowest BCUT2D eigenvalue weighted by molar-refractivity contribution is -0.142. The van der Waals surface area contributed by atoms with Gasteiger partial charge in [0.1, 0.15) is 6.04 Å². The van der Waals surface area contributed by atoms with Gasteiger partial charge in [0.05, 0.1) is 18.2 Å². The zero-order valence-electron chi connectivity index (χ0n) is 21.9. The fraction of sp³-hybridized carbons (Fsp3) is 0.792. The molecule has 0 aliphatic carbocycles. The normalized spacial score (nSPS) is 16.2. The average molecular weight is 456 g/mol. The number of carbonyl (C=O) groups is 3. The molecule has 0 spiro atoms. The van der Waals surface area contributed by atoms with E-state index in [9.17, 15) is 14.4 Å². The molecule has 0 radical (unpaired) electrons. The molecule has 0 saturated carbocycles. The van der Waals surface area contributed by atoms with Crippen LogP contribution >= 0.6 is 0 Å². The molecule has 8 heteroatoms. The van der Waals surface area contributed by atoms with Crippen LogP contribution in [0.3, 0.4) is 0 Å². The quantitative estimate of drug-likeness (QED) is 0.347. The van der Waals surface area contributed by atoms with Crippen LogP contribution in [-0.2, 0) is 23.9 Å². The van der Waals surface area contributed by atoms with Gasteiger partial charge >= 0.3 is 5.97 Å². The number of hydrogen-bond acceptors (Lipinski definition) is 6. The van der Waals surface area contributed by atoms with Crippen LogP contribution in [0.1, 0.15) is 61.8 Å². The standard InChI is InChI=1S/C24H45N3O5/c1-12-32-21(29)17(4)15-18(16(2)3)27(10)20(28)19(23(5,6)7)26-22(30)24(8,25-9)13-14-31-11/h15-16,18-19,25H,12-14H2,1-11H3,(H,26,30)/b17-15+. The van der Waals surface area contributed by atoms with Crippen molar-refractivity contribution in [3.8, 4) is 0 Å². The van der Waals surface area contributed by atoms with Gasteiger partial charge in [-0.25, -0.2) is 4.79 Å². The molecule has 0 aliphatic rings. The molecular formula is C24H45N3O5. The van der Waals surface area contributed by atoms with Gasteiger partial charge in [-0.05, 0) is 45.6 Å². The Labute approximate surface area is 194 Å². The molecule has 32 heavy (non-hydrogen) atoms. The Bertz CT molecular complexity index is 669. The molecule has 0 aliphatic heterocycles. The van der Waals surface area contributed by atoms with E-state index in [1.165, 1.54) is 0 Å². The third-order valence-electron chi connectivity index (χ3n) is 5.74. The van der Waals surface area contributed by atoms with E-state index in [1.807, 2.05) is 34.6 Å². The topological polar surface area (TPSA) is 97.0 Å². The highest BCUT2D eigenvalue weighted by Gasteiger charge is 2.40. The Morgan fingerprint density at radius 3 is 2.09 bits per heavy atom. The summed E-state index contributed by atoms with van der Waals surface area (Å²) in [6.45, 7) is 15.6. The molecule has 3 unspecified atom stereocenters. The van der Waals surface area contributed by atoms with Crippen molar-refractivity contribution in [2.45, 2.75) is 79.4 Å². The van der Waals surface area contributed by atoms with E-state index in [2.05, 4.69) is 10.6 Å². The molecule has 0 rings (SSSR count). The summed E-state index contributed by atoms with van der Waals surface area (Å²) >= 11 is 0. The van der Waals surface area contributed by atoms with Crippen molar-refractivity contribution in [3.63, 3.8) is 0 Å². The summed E-state index contributed by atoms with van der Waals surface area (Å²) < 4.78 is 10.2. The first-order chi connectivity index (χ1) is 14.7. The fourth-order valence-corrected chi connectivity index (χ4v) is 3.27. The minimum Gasteiger partial charge on any atom is -0.463 e. The lowest BCUT2D eigenvalue weighted by Crippen LogP contribution is -2.62. The molecule has 2 N–H and O–H groups in total. The van der Waals surface area contributed by atoms with Crippen LogP contribution in [0.15, 0.2) is 11.6 Å². The van der Waals surface area contributed by atoms with E-state index in [1.54, 1.807) is 53.0 Å². The second kappa shape index (κ2) is 12.9. The van der Waals surface area contributed by atoms with E-state index >= 15 is 0 Å². The van der Waals surface area contributed by atoms with Gasteiger partial charge in [-0.1, -0.05) is 40.7 Å². The average Bonchev–Trinajstić information content (AvgIpc) is 2.71. The van der Waals surface area contributed by atoms with E-state index < -0.39 is 23.0 Å². The molecule has 3 atom stereocenters. The number of esters is 1. The maximum absolute atomic E-state index is 13.6. The summed E-state index contributed by atoms with van der Waals surface area (Å²) in [5.74, 6) is -0.836. The summed E-state index contributed by atoms with van der Waals surface area (Å²) in [5, 5.41) is 6.02. The number of ether oxygens (including phenoxy) is 2. The molecule has 0 bridgehead atoms. The van der Waals surface area contributed by atoms with Crippen LogP contribution < -0.4 is 10.6 Å². The first kappa shape index (κ1) is 30.1. The van der Waals surface area contributed by atoms with Gasteiger partial charge in [0.15, 0.2) is 0 Å². The SMILES string of the molecule is CCOC(=O)/C(C)=C/C(C(C)C)N(C)C(=O)C(NC(=O)C(C)(CCOC)NC)C(C)(C)C. The Morgan fingerprint density at radius 2 is 1.69 bits per heavy atom. The van der Waals surface area contributed by atoms with Crippen molar-refractivity contribution in [1.29, 1.82) is 0 Å². The van der Waals surface area contributed by atoms with Gasteiger partial charge in [0, 0.05) is 26.3 Å². The number of amides is 2. The number of likely N-dealkylation sites (N-methyl/N-ethyl adjacent to an activating group) is 2. The first-order valence-corrected chi connectivity index (χ1v) is 11.3. The van der Waals surface area contributed by atoms with E-state index in [4.69, 9.17) is 9.47 Å². The summed E-state index contributed by atoms with van der Waals surface area (Å²) in [7, 11) is 5.00. The van der Waals surface area contributed by atoms with Gasteiger partial charge in [-0.2, -0.15) is 0 Å². The molecule has 0 aromatic carbocycles. The Hall–Kier alpha value is -1.93. The minimum absolute atomic E-state index is 0.0499. The molecule has 0 saturated heterocycles. The van der Waals surface area contributed by atoms with Crippen LogP contribution in [0.25, 0.3) is 0 Å². The highest BCUT2D eigenvalue weighted by atomic mass is 16.5. The molecule has 0 fully saturated rings.